The largest absolute Gasteiger partial charge is 0.508 e. The van der Waals surface area contributed by atoms with Crippen LogP contribution in [-0.4, -0.2) is 11.7 Å². The maximum atomic E-state index is 9.43. The van der Waals surface area contributed by atoms with Crippen molar-refractivity contribution in [3.05, 3.63) is 59.7 Å². The molecule has 0 fully saturated rings. The molecule has 0 radical (unpaired) electrons. The van der Waals surface area contributed by atoms with Crippen molar-refractivity contribution in [3.63, 3.8) is 0 Å². The van der Waals surface area contributed by atoms with Gasteiger partial charge in [0, 0.05) is 0 Å². The molecule has 2 rings (SSSR count). The average molecular weight is 296 g/mol. The van der Waals surface area contributed by atoms with Crippen LogP contribution in [0.2, 0.25) is 0 Å². The summed E-state index contributed by atoms with van der Waals surface area (Å²) in [4.78, 5) is 0. The SMILES string of the molecule is CCCCCCOc1ccc(/C=C/c2cccc(O)c2)cc1. The van der Waals surface area contributed by atoms with Crippen LogP contribution < -0.4 is 4.74 Å². The van der Waals surface area contributed by atoms with E-state index in [2.05, 4.69) is 6.92 Å². The van der Waals surface area contributed by atoms with Gasteiger partial charge in [0.1, 0.15) is 11.5 Å². The van der Waals surface area contributed by atoms with Gasteiger partial charge >= 0.3 is 0 Å². The molecule has 2 nitrogen and oxygen atoms in total. The van der Waals surface area contributed by atoms with Gasteiger partial charge in [0.15, 0.2) is 0 Å². The molecule has 0 aliphatic heterocycles. The van der Waals surface area contributed by atoms with Crippen LogP contribution in [0.3, 0.4) is 0 Å². The first-order chi connectivity index (χ1) is 10.8. The Morgan fingerprint density at radius 1 is 0.909 bits per heavy atom. The fourth-order valence-corrected chi connectivity index (χ4v) is 2.21. The lowest BCUT2D eigenvalue weighted by atomic mass is 10.1. The predicted molar refractivity (Wildman–Crippen MR) is 93.1 cm³/mol. The smallest absolute Gasteiger partial charge is 0.119 e. The van der Waals surface area contributed by atoms with Crippen LogP contribution >= 0.6 is 0 Å². The summed E-state index contributed by atoms with van der Waals surface area (Å²) >= 11 is 0. The van der Waals surface area contributed by atoms with Gasteiger partial charge < -0.3 is 9.84 Å². The van der Waals surface area contributed by atoms with Gasteiger partial charge in [-0.3, -0.25) is 0 Å². The van der Waals surface area contributed by atoms with E-state index in [1.165, 1.54) is 19.3 Å². The molecule has 116 valence electrons. The number of benzene rings is 2. The minimum atomic E-state index is 0.286. The molecule has 0 aromatic heterocycles. The summed E-state index contributed by atoms with van der Waals surface area (Å²) in [5, 5.41) is 9.43. The molecule has 0 amide bonds. The highest BCUT2D eigenvalue weighted by Gasteiger charge is 1.95. The molecule has 0 aliphatic rings. The Labute approximate surface area is 133 Å². The van der Waals surface area contributed by atoms with Gasteiger partial charge in [0.2, 0.25) is 0 Å². The van der Waals surface area contributed by atoms with Gasteiger partial charge in [-0.15, -0.1) is 0 Å². The van der Waals surface area contributed by atoms with E-state index in [4.69, 9.17) is 4.74 Å². The molecule has 0 bridgehead atoms. The maximum Gasteiger partial charge on any atom is 0.119 e. The quantitative estimate of drug-likeness (QED) is 0.513. The number of unbranched alkanes of at least 4 members (excludes halogenated alkanes) is 3. The molecule has 0 heterocycles. The number of hydrogen-bond acceptors (Lipinski definition) is 2. The number of phenols is 1. The fraction of sp³-hybridized carbons (Fsp3) is 0.300. The van der Waals surface area contributed by atoms with Crippen LogP contribution in [0.15, 0.2) is 48.5 Å². The molecule has 2 heteroatoms. The van der Waals surface area contributed by atoms with Gasteiger partial charge in [-0.25, -0.2) is 0 Å². The molecule has 2 aromatic rings. The van der Waals surface area contributed by atoms with Crippen LogP contribution in [0, 0.1) is 0 Å². The summed E-state index contributed by atoms with van der Waals surface area (Å²) in [7, 11) is 0. The van der Waals surface area contributed by atoms with E-state index in [-0.39, 0.29) is 5.75 Å². The lowest BCUT2D eigenvalue weighted by Gasteiger charge is -2.06. The van der Waals surface area contributed by atoms with E-state index in [1.54, 1.807) is 12.1 Å². The third-order valence-electron chi connectivity index (χ3n) is 3.49. The average Bonchev–Trinajstić information content (AvgIpc) is 2.54. The summed E-state index contributed by atoms with van der Waals surface area (Å²) in [5.41, 5.74) is 2.10. The van der Waals surface area contributed by atoms with E-state index >= 15 is 0 Å². The summed E-state index contributed by atoms with van der Waals surface area (Å²) < 4.78 is 5.73. The monoisotopic (exact) mass is 296 g/mol. The Hall–Kier alpha value is -2.22. The lowest BCUT2D eigenvalue weighted by molar-refractivity contribution is 0.305. The Balaban J connectivity index is 1.84. The van der Waals surface area contributed by atoms with E-state index in [0.717, 1.165) is 29.9 Å². The zero-order chi connectivity index (χ0) is 15.6. The maximum absolute atomic E-state index is 9.43. The highest BCUT2D eigenvalue weighted by atomic mass is 16.5. The summed E-state index contributed by atoms with van der Waals surface area (Å²) in [6.07, 6.45) is 8.90. The number of hydrogen-bond donors (Lipinski definition) is 1. The van der Waals surface area contributed by atoms with Crippen molar-refractivity contribution < 1.29 is 9.84 Å². The van der Waals surface area contributed by atoms with Gasteiger partial charge in [-0.2, -0.15) is 0 Å². The van der Waals surface area contributed by atoms with Crippen molar-refractivity contribution in [2.24, 2.45) is 0 Å². The highest BCUT2D eigenvalue weighted by molar-refractivity contribution is 5.70. The van der Waals surface area contributed by atoms with E-state index in [0.29, 0.717) is 0 Å². The molecular weight excluding hydrogens is 272 g/mol. The number of ether oxygens (including phenoxy) is 1. The fourth-order valence-electron chi connectivity index (χ4n) is 2.21. The molecular formula is C20H24O2. The van der Waals surface area contributed by atoms with E-state index < -0.39 is 0 Å². The van der Waals surface area contributed by atoms with E-state index in [1.807, 2.05) is 48.6 Å². The first-order valence-electron chi connectivity index (χ1n) is 7.98. The zero-order valence-corrected chi connectivity index (χ0v) is 13.2. The van der Waals surface area contributed by atoms with Crippen molar-refractivity contribution in [3.8, 4) is 11.5 Å². The highest BCUT2D eigenvalue weighted by Crippen LogP contribution is 2.17. The van der Waals surface area contributed by atoms with Crippen LogP contribution in [0.5, 0.6) is 11.5 Å². The van der Waals surface area contributed by atoms with Crippen LogP contribution in [0.1, 0.15) is 43.7 Å². The number of aromatic hydroxyl groups is 1. The standard InChI is InChI=1S/C20H24O2/c1-2-3-4-5-15-22-20-13-11-17(12-14-20)9-10-18-7-6-8-19(21)16-18/h6-14,16,21H,2-5,15H2,1H3/b10-9+. The Morgan fingerprint density at radius 3 is 2.41 bits per heavy atom. The first kappa shape index (κ1) is 16.2. The van der Waals surface area contributed by atoms with Crippen molar-refractivity contribution >= 4 is 12.2 Å². The lowest BCUT2D eigenvalue weighted by Crippen LogP contribution is -1.96. The summed E-state index contributed by atoms with van der Waals surface area (Å²) in [6, 6.07) is 15.3. The van der Waals surface area contributed by atoms with E-state index in [9.17, 15) is 5.11 Å². The minimum Gasteiger partial charge on any atom is -0.508 e. The first-order valence-corrected chi connectivity index (χ1v) is 7.98. The molecule has 0 atom stereocenters. The van der Waals surface area contributed by atoms with Crippen LogP contribution in [-0.2, 0) is 0 Å². The van der Waals surface area contributed by atoms with Gasteiger partial charge in [0.05, 0.1) is 6.61 Å². The number of phenolic OH excluding ortho intramolecular Hbond substituents is 1. The van der Waals surface area contributed by atoms with Crippen molar-refractivity contribution in [1.29, 1.82) is 0 Å². The second-order valence-electron chi connectivity index (χ2n) is 5.41. The zero-order valence-electron chi connectivity index (χ0n) is 13.2. The molecule has 0 aliphatic carbocycles. The second kappa shape index (κ2) is 8.93. The van der Waals surface area contributed by atoms with Crippen molar-refractivity contribution in [2.75, 3.05) is 6.61 Å². The molecule has 2 aromatic carbocycles. The molecule has 22 heavy (non-hydrogen) atoms. The topological polar surface area (TPSA) is 29.5 Å². The molecule has 0 spiro atoms. The normalized spacial score (nSPS) is 11.0. The van der Waals surface area contributed by atoms with Gasteiger partial charge in [-0.1, -0.05) is 62.6 Å². The number of rotatable bonds is 8. The Bertz CT molecular complexity index is 585. The third kappa shape index (κ3) is 5.65. The second-order valence-corrected chi connectivity index (χ2v) is 5.41. The molecule has 0 unspecified atom stereocenters. The molecule has 0 saturated heterocycles. The minimum absolute atomic E-state index is 0.286. The van der Waals surface area contributed by atoms with Gasteiger partial charge in [-0.05, 0) is 41.8 Å². The van der Waals surface area contributed by atoms with Crippen molar-refractivity contribution in [1.82, 2.24) is 0 Å². The molecule has 1 N–H and O–H groups in total. The van der Waals surface area contributed by atoms with Gasteiger partial charge in [0.25, 0.3) is 0 Å². The summed E-state index contributed by atoms with van der Waals surface area (Å²) in [5.74, 6) is 1.21. The van der Waals surface area contributed by atoms with Crippen LogP contribution in [0.25, 0.3) is 12.2 Å². The Morgan fingerprint density at radius 2 is 1.68 bits per heavy atom. The third-order valence-corrected chi connectivity index (χ3v) is 3.49. The van der Waals surface area contributed by atoms with Crippen molar-refractivity contribution in [2.45, 2.75) is 32.6 Å². The van der Waals surface area contributed by atoms with Crippen LogP contribution in [0.4, 0.5) is 0 Å². The summed E-state index contributed by atoms with van der Waals surface area (Å²) in [6.45, 7) is 3.00. The Kier molecular flexibility index (Phi) is 6.56. The predicted octanol–water partition coefficient (Wildman–Crippen LogP) is 5.52. The molecule has 0 saturated carbocycles.